The minimum Gasteiger partial charge on any atom is -0.496 e. The van der Waals surface area contributed by atoms with Crippen molar-refractivity contribution in [2.45, 2.75) is 19.3 Å². The highest BCUT2D eigenvalue weighted by Gasteiger charge is 2.10. The number of rotatable bonds is 5. The molecule has 20 heavy (non-hydrogen) atoms. The van der Waals surface area contributed by atoms with Crippen molar-refractivity contribution >= 4 is 17.3 Å². The van der Waals surface area contributed by atoms with Gasteiger partial charge in [0.15, 0.2) is 0 Å². The van der Waals surface area contributed by atoms with Crippen molar-refractivity contribution in [1.29, 1.82) is 0 Å². The van der Waals surface area contributed by atoms with E-state index in [9.17, 15) is 0 Å². The van der Waals surface area contributed by atoms with Crippen LogP contribution >= 0.6 is 11.6 Å². The average Bonchev–Trinajstić information content (AvgIpc) is 2.47. The summed E-state index contributed by atoms with van der Waals surface area (Å²) in [5.41, 5.74) is 4.72. The summed E-state index contributed by atoms with van der Waals surface area (Å²) in [5.74, 6) is 1.44. The summed E-state index contributed by atoms with van der Waals surface area (Å²) in [6.45, 7) is 2.87. The Bertz CT molecular complexity index is 583. The second-order valence-corrected chi connectivity index (χ2v) is 5.20. The Morgan fingerprint density at radius 2 is 1.85 bits per heavy atom. The Labute approximate surface area is 125 Å². The van der Waals surface area contributed by atoms with Crippen molar-refractivity contribution in [3.8, 4) is 5.75 Å². The van der Waals surface area contributed by atoms with E-state index in [1.807, 2.05) is 18.2 Å². The Hall–Kier alpha value is -1.67. The number of halogens is 1. The molecule has 2 aromatic carbocycles. The molecule has 0 radical (unpaired) electrons. The number of alkyl halides is 1. The number of hydrogen-bond acceptors (Lipinski definition) is 2. The molecule has 0 spiro atoms. The van der Waals surface area contributed by atoms with E-state index in [0.717, 1.165) is 23.5 Å². The molecule has 0 aliphatic heterocycles. The van der Waals surface area contributed by atoms with Crippen molar-refractivity contribution in [2.75, 3.05) is 19.1 Å². The molecule has 2 aromatic rings. The standard InChI is InChI=1S/C17H20ClNO/c1-13-8-9-16(15(10-13)11-18)19(2)12-14-6-4-5-7-17(14)20-3/h4-10H,11-12H2,1-3H3. The number of hydrogen-bond donors (Lipinski definition) is 0. The van der Waals surface area contributed by atoms with Crippen LogP contribution in [0.3, 0.4) is 0 Å². The van der Waals surface area contributed by atoms with Gasteiger partial charge in [-0.15, -0.1) is 11.6 Å². The fourth-order valence-electron chi connectivity index (χ4n) is 2.37. The normalized spacial score (nSPS) is 10.4. The Morgan fingerprint density at radius 1 is 1.10 bits per heavy atom. The van der Waals surface area contributed by atoms with Gasteiger partial charge in [0.25, 0.3) is 0 Å². The zero-order valence-corrected chi connectivity index (χ0v) is 12.9. The van der Waals surface area contributed by atoms with Gasteiger partial charge in [0.05, 0.1) is 7.11 Å². The van der Waals surface area contributed by atoms with E-state index in [1.54, 1.807) is 7.11 Å². The monoisotopic (exact) mass is 289 g/mol. The Morgan fingerprint density at radius 3 is 2.55 bits per heavy atom. The SMILES string of the molecule is COc1ccccc1CN(C)c1ccc(C)cc1CCl. The van der Waals surface area contributed by atoms with Crippen molar-refractivity contribution < 1.29 is 4.74 Å². The van der Waals surface area contributed by atoms with E-state index >= 15 is 0 Å². The van der Waals surface area contributed by atoms with Crippen LogP contribution in [0.1, 0.15) is 16.7 Å². The molecule has 3 heteroatoms. The highest BCUT2D eigenvalue weighted by atomic mass is 35.5. The summed E-state index contributed by atoms with van der Waals surface area (Å²) >= 11 is 6.06. The molecule has 0 heterocycles. The number of para-hydroxylation sites is 1. The third-order valence-electron chi connectivity index (χ3n) is 3.39. The Balaban J connectivity index is 2.26. The highest BCUT2D eigenvalue weighted by molar-refractivity contribution is 6.17. The first kappa shape index (κ1) is 14.7. The fraction of sp³-hybridized carbons (Fsp3) is 0.294. The zero-order chi connectivity index (χ0) is 14.5. The van der Waals surface area contributed by atoms with Gasteiger partial charge in [-0.1, -0.05) is 35.9 Å². The van der Waals surface area contributed by atoms with E-state index in [-0.39, 0.29) is 0 Å². The third-order valence-corrected chi connectivity index (χ3v) is 3.68. The van der Waals surface area contributed by atoms with Crippen molar-refractivity contribution in [3.05, 3.63) is 59.2 Å². The number of methoxy groups -OCH3 is 1. The van der Waals surface area contributed by atoms with Crippen LogP contribution in [0.25, 0.3) is 0 Å². The lowest BCUT2D eigenvalue weighted by Crippen LogP contribution is -2.18. The van der Waals surface area contributed by atoms with E-state index in [0.29, 0.717) is 5.88 Å². The predicted octanol–water partition coefficient (Wildman–Crippen LogP) is 4.38. The second-order valence-electron chi connectivity index (χ2n) is 4.93. The first-order valence-electron chi connectivity index (χ1n) is 6.64. The molecule has 0 fully saturated rings. The Kier molecular flexibility index (Phi) is 4.91. The number of nitrogens with zero attached hydrogens (tertiary/aromatic N) is 1. The van der Waals surface area contributed by atoms with Crippen LogP contribution in [0.5, 0.6) is 5.75 Å². The second kappa shape index (κ2) is 6.67. The van der Waals surface area contributed by atoms with Crippen molar-refractivity contribution in [2.24, 2.45) is 0 Å². The molecule has 0 atom stereocenters. The van der Waals surface area contributed by atoms with Gasteiger partial charge in [-0.2, -0.15) is 0 Å². The van der Waals surface area contributed by atoms with Gasteiger partial charge in [0, 0.05) is 30.7 Å². The maximum absolute atomic E-state index is 6.06. The topological polar surface area (TPSA) is 12.5 Å². The van der Waals surface area contributed by atoms with Crippen LogP contribution in [-0.4, -0.2) is 14.2 Å². The summed E-state index contributed by atoms with van der Waals surface area (Å²) in [7, 11) is 3.78. The van der Waals surface area contributed by atoms with Gasteiger partial charge in [-0.25, -0.2) is 0 Å². The molecule has 0 aliphatic carbocycles. The quantitative estimate of drug-likeness (QED) is 0.758. The average molecular weight is 290 g/mol. The molecule has 0 amide bonds. The molecular weight excluding hydrogens is 270 g/mol. The summed E-state index contributed by atoms with van der Waals surface area (Å²) in [6, 6.07) is 14.5. The molecule has 0 unspecified atom stereocenters. The zero-order valence-electron chi connectivity index (χ0n) is 12.2. The molecule has 0 saturated carbocycles. The lowest BCUT2D eigenvalue weighted by atomic mass is 10.1. The summed E-state index contributed by atoms with van der Waals surface area (Å²) < 4.78 is 5.41. The van der Waals surface area contributed by atoms with Gasteiger partial charge in [-0.05, 0) is 24.6 Å². The minimum absolute atomic E-state index is 0.521. The van der Waals surface area contributed by atoms with Gasteiger partial charge in [0.2, 0.25) is 0 Å². The van der Waals surface area contributed by atoms with Crippen LogP contribution in [0.15, 0.2) is 42.5 Å². The smallest absolute Gasteiger partial charge is 0.123 e. The van der Waals surface area contributed by atoms with Gasteiger partial charge < -0.3 is 9.64 Å². The predicted molar refractivity (Wildman–Crippen MR) is 85.8 cm³/mol. The third kappa shape index (κ3) is 3.26. The molecule has 0 saturated heterocycles. The summed E-state index contributed by atoms with van der Waals surface area (Å²) in [6.07, 6.45) is 0. The lowest BCUT2D eigenvalue weighted by molar-refractivity contribution is 0.409. The van der Waals surface area contributed by atoms with E-state index < -0.39 is 0 Å². The molecule has 0 bridgehead atoms. The molecule has 2 nitrogen and oxygen atoms in total. The molecular formula is C17H20ClNO. The van der Waals surface area contributed by atoms with Crippen LogP contribution in [0.4, 0.5) is 5.69 Å². The molecule has 0 aromatic heterocycles. The maximum Gasteiger partial charge on any atom is 0.123 e. The number of aryl methyl sites for hydroxylation is 1. The fourth-order valence-corrected chi connectivity index (χ4v) is 2.58. The number of ether oxygens (including phenoxy) is 1. The van der Waals surface area contributed by atoms with E-state index in [1.165, 1.54) is 11.1 Å². The molecule has 0 N–H and O–H groups in total. The van der Waals surface area contributed by atoms with Crippen LogP contribution in [0.2, 0.25) is 0 Å². The van der Waals surface area contributed by atoms with Gasteiger partial charge in [0.1, 0.15) is 5.75 Å². The molecule has 2 rings (SSSR count). The molecule has 106 valence electrons. The lowest BCUT2D eigenvalue weighted by Gasteiger charge is -2.23. The first-order chi connectivity index (χ1) is 9.65. The maximum atomic E-state index is 6.06. The van der Waals surface area contributed by atoms with Gasteiger partial charge >= 0.3 is 0 Å². The number of anilines is 1. The number of benzene rings is 2. The summed E-state index contributed by atoms with van der Waals surface area (Å²) in [4.78, 5) is 2.20. The highest BCUT2D eigenvalue weighted by Crippen LogP contribution is 2.26. The van der Waals surface area contributed by atoms with Crippen molar-refractivity contribution in [3.63, 3.8) is 0 Å². The van der Waals surface area contributed by atoms with Crippen LogP contribution in [-0.2, 0) is 12.4 Å². The minimum atomic E-state index is 0.521. The largest absolute Gasteiger partial charge is 0.496 e. The van der Waals surface area contributed by atoms with Gasteiger partial charge in [-0.3, -0.25) is 0 Å². The van der Waals surface area contributed by atoms with E-state index in [2.05, 4.69) is 43.1 Å². The van der Waals surface area contributed by atoms with E-state index in [4.69, 9.17) is 16.3 Å². The first-order valence-corrected chi connectivity index (χ1v) is 7.17. The molecule has 0 aliphatic rings. The summed E-state index contributed by atoms with van der Waals surface area (Å²) in [5, 5.41) is 0. The van der Waals surface area contributed by atoms with Crippen LogP contribution in [0, 0.1) is 6.92 Å². The van der Waals surface area contributed by atoms with Crippen molar-refractivity contribution in [1.82, 2.24) is 0 Å². The van der Waals surface area contributed by atoms with Crippen LogP contribution < -0.4 is 9.64 Å².